The number of hydrogen-bond acceptors (Lipinski definition) is 6. The number of nitrogens with zero attached hydrogens (tertiary/aromatic N) is 4. The lowest BCUT2D eigenvalue weighted by Gasteiger charge is -2.31. The Morgan fingerprint density at radius 3 is 2.55 bits per heavy atom. The van der Waals surface area contributed by atoms with E-state index in [1.54, 1.807) is 30.0 Å². The molecule has 1 atom stereocenters. The minimum Gasteiger partial charge on any atom is -0.466 e. The number of nitro benzene ring substituents is 1. The zero-order valence-corrected chi connectivity index (χ0v) is 18.2. The molecule has 0 aliphatic carbocycles. The first-order valence-corrected chi connectivity index (χ1v) is 10.8. The van der Waals surface area contributed by atoms with Gasteiger partial charge in [-0.3, -0.25) is 19.7 Å². The van der Waals surface area contributed by atoms with E-state index in [1.165, 1.54) is 16.8 Å². The topological polar surface area (TPSA) is 108 Å². The van der Waals surface area contributed by atoms with Gasteiger partial charge in [0.25, 0.3) is 11.6 Å². The average Bonchev–Trinajstić information content (AvgIpc) is 3.30. The van der Waals surface area contributed by atoms with Gasteiger partial charge in [-0.15, -0.1) is 0 Å². The first-order chi connectivity index (χ1) is 16.0. The minimum absolute atomic E-state index is 0.0459. The molecule has 170 valence electrons. The third-order valence-corrected chi connectivity index (χ3v) is 5.63. The molecule has 33 heavy (non-hydrogen) atoms. The van der Waals surface area contributed by atoms with E-state index >= 15 is 0 Å². The van der Waals surface area contributed by atoms with E-state index in [9.17, 15) is 19.7 Å². The van der Waals surface area contributed by atoms with Crippen molar-refractivity contribution in [2.45, 2.75) is 19.8 Å². The van der Waals surface area contributed by atoms with Crippen LogP contribution in [0.3, 0.4) is 0 Å². The minimum atomic E-state index is -0.475. The van der Waals surface area contributed by atoms with Gasteiger partial charge in [0.05, 0.1) is 28.8 Å². The molecule has 1 unspecified atom stereocenters. The molecule has 1 aliphatic rings. The number of nitro groups is 1. The van der Waals surface area contributed by atoms with Crippen molar-refractivity contribution in [2.75, 3.05) is 19.7 Å². The molecular weight excluding hydrogens is 424 g/mol. The zero-order chi connectivity index (χ0) is 23.4. The number of amides is 1. The van der Waals surface area contributed by atoms with Gasteiger partial charge < -0.3 is 9.64 Å². The highest BCUT2D eigenvalue weighted by atomic mass is 16.6. The van der Waals surface area contributed by atoms with Crippen LogP contribution in [0.15, 0.2) is 60.7 Å². The van der Waals surface area contributed by atoms with Crippen molar-refractivity contribution in [3.8, 4) is 16.9 Å². The Labute approximate surface area is 190 Å². The smallest absolute Gasteiger partial charge is 0.310 e. The average molecular weight is 448 g/mol. The number of benzene rings is 2. The van der Waals surface area contributed by atoms with Crippen molar-refractivity contribution >= 4 is 17.6 Å². The molecule has 0 bridgehead atoms. The first-order valence-electron chi connectivity index (χ1n) is 10.8. The maximum absolute atomic E-state index is 13.5. The lowest BCUT2D eigenvalue weighted by atomic mass is 9.98. The van der Waals surface area contributed by atoms with E-state index in [4.69, 9.17) is 4.74 Å². The van der Waals surface area contributed by atoms with Crippen LogP contribution in [0.1, 0.15) is 30.3 Å². The lowest BCUT2D eigenvalue weighted by molar-refractivity contribution is -0.384. The summed E-state index contributed by atoms with van der Waals surface area (Å²) in [5.41, 5.74) is 2.26. The molecular formula is C24H24N4O5. The molecule has 0 radical (unpaired) electrons. The highest BCUT2D eigenvalue weighted by Gasteiger charge is 2.31. The molecule has 1 aromatic heterocycles. The maximum atomic E-state index is 13.5. The van der Waals surface area contributed by atoms with Crippen LogP contribution in [0.5, 0.6) is 0 Å². The lowest BCUT2D eigenvalue weighted by Crippen LogP contribution is -2.43. The molecule has 9 heteroatoms. The Bertz CT molecular complexity index is 1160. The summed E-state index contributed by atoms with van der Waals surface area (Å²) in [6.07, 6.45) is 1.38. The highest BCUT2D eigenvalue weighted by molar-refractivity contribution is 5.95. The van der Waals surface area contributed by atoms with Gasteiger partial charge in [-0.25, -0.2) is 4.68 Å². The number of carbonyl (C=O) groups is 2. The van der Waals surface area contributed by atoms with Gasteiger partial charge in [-0.2, -0.15) is 5.10 Å². The van der Waals surface area contributed by atoms with Crippen molar-refractivity contribution in [1.82, 2.24) is 14.7 Å². The standard InChI is InChI=1S/C24H24N4O5/c1-2-33-24(30)18-9-6-14-26(16-18)23(29)22-15-21(17-7-4-3-5-8-17)25-27(22)19-10-12-20(13-11-19)28(31)32/h3-5,7-8,10-13,15,18H,2,6,9,14,16H2,1H3. The van der Waals surface area contributed by atoms with Crippen molar-refractivity contribution in [2.24, 2.45) is 5.92 Å². The number of piperidine rings is 1. The predicted molar refractivity (Wildman–Crippen MR) is 121 cm³/mol. The van der Waals surface area contributed by atoms with E-state index in [0.29, 0.717) is 43.1 Å². The van der Waals surface area contributed by atoms with Crippen LogP contribution < -0.4 is 0 Å². The highest BCUT2D eigenvalue weighted by Crippen LogP contribution is 2.26. The summed E-state index contributed by atoms with van der Waals surface area (Å²) < 4.78 is 6.65. The molecule has 2 heterocycles. The molecule has 9 nitrogen and oxygen atoms in total. The largest absolute Gasteiger partial charge is 0.466 e. The summed E-state index contributed by atoms with van der Waals surface area (Å²) in [7, 11) is 0. The van der Waals surface area contributed by atoms with Gasteiger partial charge >= 0.3 is 5.97 Å². The zero-order valence-electron chi connectivity index (χ0n) is 18.2. The van der Waals surface area contributed by atoms with Crippen molar-refractivity contribution in [3.63, 3.8) is 0 Å². The molecule has 1 aliphatic heterocycles. The van der Waals surface area contributed by atoms with E-state index < -0.39 is 4.92 Å². The fraction of sp³-hybridized carbons (Fsp3) is 0.292. The van der Waals surface area contributed by atoms with Crippen molar-refractivity contribution in [3.05, 3.63) is 76.5 Å². The van der Waals surface area contributed by atoms with Crippen LogP contribution in [-0.4, -0.2) is 51.2 Å². The summed E-state index contributed by atoms with van der Waals surface area (Å²) in [5, 5.41) is 15.7. The Kier molecular flexibility index (Phi) is 6.48. The maximum Gasteiger partial charge on any atom is 0.310 e. The fourth-order valence-electron chi connectivity index (χ4n) is 3.97. The molecule has 1 saturated heterocycles. The monoisotopic (exact) mass is 448 g/mol. The molecule has 1 fully saturated rings. The molecule has 0 spiro atoms. The van der Waals surface area contributed by atoms with Gasteiger partial charge in [0.15, 0.2) is 0 Å². The number of aromatic nitrogens is 2. The number of non-ortho nitro benzene ring substituents is 1. The molecule has 3 aromatic rings. The second-order valence-corrected chi connectivity index (χ2v) is 7.81. The number of carbonyl (C=O) groups excluding carboxylic acids is 2. The third kappa shape index (κ3) is 4.77. The Balaban J connectivity index is 1.70. The normalized spacial score (nSPS) is 15.8. The molecule has 0 saturated carbocycles. The SMILES string of the molecule is CCOC(=O)C1CCCN(C(=O)c2cc(-c3ccccc3)nn2-c2ccc([N+](=O)[O-])cc2)C1. The van der Waals surface area contributed by atoms with Crippen molar-refractivity contribution < 1.29 is 19.2 Å². The van der Waals surface area contributed by atoms with Gasteiger partial charge in [0.2, 0.25) is 0 Å². The summed E-state index contributed by atoms with van der Waals surface area (Å²) in [6, 6.07) is 17.1. The Morgan fingerprint density at radius 1 is 1.15 bits per heavy atom. The van der Waals surface area contributed by atoms with Crippen molar-refractivity contribution in [1.29, 1.82) is 0 Å². The van der Waals surface area contributed by atoms with Crippen LogP contribution in [0, 0.1) is 16.0 Å². The van der Waals surface area contributed by atoms with E-state index in [1.807, 2.05) is 30.3 Å². The summed E-state index contributed by atoms with van der Waals surface area (Å²) in [5.74, 6) is -0.895. The number of hydrogen-bond donors (Lipinski definition) is 0. The summed E-state index contributed by atoms with van der Waals surface area (Å²) >= 11 is 0. The van der Waals surface area contributed by atoms with Gasteiger partial charge in [-0.05, 0) is 38.0 Å². The van der Waals surface area contributed by atoms with Crippen LogP contribution >= 0.6 is 0 Å². The quantitative estimate of drug-likeness (QED) is 0.322. The van der Waals surface area contributed by atoms with Gasteiger partial charge in [0.1, 0.15) is 5.69 Å². The Morgan fingerprint density at radius 2 is 1.88 bits per heavy atom. The Hall–Kier alpha value is -4.01. The van der Waals surface area contributed by atoms with Gasteiger partial charge in [-0.1, -0.05) is 30.3 Å². The van der Waals surface area contributed by atoms with E-state index in [-0.39, 0.29) is 30.0 Å². The molecule has 4 rings (SSSR count). The summed E-state index contributed by atoms with van der Waals surface area (Å²) in [4.78, 5) is 38.0. The molecule has 1 amide bonds. The number of esters is 1. The van der Waals surface area contributed by atoms with Crippen LogP contribution in [0.4, 0.5) is 5.69 Å². The van der Waals surface area contributed by atoms with E-state index in [0.717, 1.165) is 5.56 Å². The van der Waals surface area contributed by atoms with E-state index in [2.05, 4.69) is 5.10 Å². The van der Waals surface area contributed by atoms with Crippen LogP contribution in [0.2, 0.25) is 0 Å². The molecule has 2 aromatic carbocycles. The van der Waals surface area contributed by atoms with Crippen LogP contribution in [-0.2, 0) is 9.53 Å². The second kappa shape index (κ2) is 9.64. The number of likely N-dealkylation sites (tertiary alicyclic amines) is 1. The number of ether oxygens (including phenoxy) is 1. The van der Waals surface area contributed by atoms with Crippen LogP contribution in [0.25, 0.3) is 16.9 Å². The second-order valence-electron chi connectivity index (χ2n) is 7.81. The predicted octanol–water partition coefficient (Wildman–Crippen LogP) is 3.86. The number of rotatable bonds is 6. The van der Waals surface area contributed by atoms with Gasteiger partial charge in [0, 0.05) is 30.8 Å². The summed E-state index contributed by atoms with van der Waals surface area (Å²) in [6.45, 7) is 2.87. The third-order valence-electron chi connectivity index (χ3n) is 5.63. The first kappa shape index (κ1) is 22.2. The fourth-order valence-corrected chi connectivity index (χ4v) is 3.97. The molecule has 0 N–H and O–H groups in total.